The zero-order valence-electron chi connectivity index (χ0n) is 20.4. The van der Waals surface area contributed by atoms with Crippen molar-refractivity contribution in [3.8, 4) is 11.5 Å². The predicted molar refractivity (Wildman–Crippen MR) is 135 cm³/mol. The molecule has 1 heterocycles. The van der Waals surface area contributed by atoms with Crippen molar-refractivity contribution in [1.82, 2.24) is 9.80 Å². The van der Waals surface area contributed by atoms with Crippen LogP contribution in [0.15, 0.2) is 72.8 Å². The molecule has 34 heavy (non-hydrogen) atoms. The smallest absolute Gasteiger partial charge is 0.159 e. The summed E-state index contributed by atoms with van der Waals surface area (Å²) in [6.07, 6.45) is 0. The fourth-order valence-corrected chi connectivity index (χ4v) is 5.01. The van der Waals surface area contributed by atoms with E-state index >= 15 is 0 Å². The molecule has 1 unspecified atom stereocenters. The van der Waals surface area contributed by atoms with Crippen molar-refractivity contribution >= 4 is 5.78 Å². The number of hydrogen-bond donors (Lipinski definition) is 1. The summed E-state index contributed by atoms with van der Waals surface area (Å²) in [6, 6.07) is 24.2. The molecule has 1 N–H and O–H groups in total. The maximum atomic E-state index is 12.1. The molecule has 1 aliphatic rings. The molecule has 0 amide bonds. The van der Waals surface area contributed by atoms with Gasteiger partial charge in [-0.1, -0.05) is 42.5 Å². The van der Waals surface area contributed by atoms with E-state index in [1.54, 1.807) is 20.1 Å². The van der Waals surface area contributed by atoms with Crippen molar-refractivity contribution in [3.63, 3.8) is 0 Å². The van der Waals surface area contributed by atoms with Crippen molar-refractivity contribution in [1.29, 1.82) is 0 Å². The Morgan fingerprint density at radius 1 is 0.971 bits per heavy atom. The van der Waals surface area contributed by atoms with Gasteiger partial charge in [-0.2, -0.15) is 0 Å². The number of Topliss-reactive ketones (excluding diaryl/α,β-unsaturated/α-hetero) is 1. The molecule has 0 radical (unpaired) electrons. The Hall–Kier alpha value is -3.15. The number of benzene rings is 3. The second-order valence-electron chi connectivity index (χ2n) is 9.35. The molecule has 1 fully saturated rings. The van der Waals surface area contributed by atoms with Crippen LogP contribution in [0.2, 0.25) is 0 Å². The summed E-state index contributed by atoms with van der Waals surface area (Å²) in [4.78, 5) is 17.1. The lowest BCUT2D eigenvalue weighted by Gasteiger charge is -2.47. The average Bonchev–Trinajstić information content (AvgIpc) is 2.82. The van der Waals surface area contributed by atoms with Gasteiger partial charge < -0.3 is 9.84 Å². The molecule has 3 aromatic carbocycles. The summed E-state index contributed by atoms with van der Waals surface area (Å²) in [5.41, 5.74) is 4.05. The molecule has 1 aliphatic heterocycles. The van der Waals surface area contributed by atoms with Crippen LogP contribution in [0.4, 0.5) is 0 Å². The van der Waals surface area contributed by atoms with Gasteiger partial charge in [0, 0.05) is 37.3 Å². The first-order valence-electron chi connectivity index (χ1n) is 11.9. The van der Waals surface area contributed by atoms with Crippen LogP contribution < -0.4 is 4.74 Å². The second-order valence-corrected chi connectivity index (χ2v) is 9.35. The Balaban J connectivity index is 1.63. The molecule has 3 atom stereocenters. The number of ketones is 1. The van der Waals surface area contributed by atoms with E-state index in [1.165, 1.54) is 5.56 Å². The van der Waals surface area contributed by atoms with E-state index in [1.807, 2.05) is 42.5 Å². The molecule has 0 aromatic heterocycles. The average molecular weight is 459 g/mol. The van der Waals surface area contributed by atoms with E-state index in [0.717, 1.165) is 36.5 Å². The Kier molecular flexibility index (Phi) is 7.35. The van der Waals surface area contributed by atoms with E-state index in [9.17, 15) is 9.90 Å². The van der Waals surface area contributed by atoms with Crippen LogP contribution in [0, 0.1) is 0 Å². The van der Waals surface area contributed by atoms with Gasteiger partial charge >= 0.3 is 0 Å². The summed E-state index contributed by atoms with van der Waals surface area (Å²) in [6.45, 7) is 8.78. The minimum absolute atomic E-state index is 0.0529. The van der Waals surface area contributed by atoms with E-state index in [2.05, 4.69) is 47.9 Å². The zero-order chi connectivity index (χ0) is 24.2. The molecule has 0 bridgehead atoms. The number of aromatic hydroxyl groups is 1. The van der Waals surface area contributed by atoms with Crippen molar-refractivity contribution in [3.05, 3.63) is 95.1 Å². The van der Waals surface area contributed by atoms with E-state index in [0.29, 0.717) is 11.6 Å². The Morgan fingerprint density at radius 3 is 2.38 bits per heavy atom. The number of phenolic OH excluding ortho intramolecular Hbond substituents is 1. The molecular weight excluding hydrogens is 424 g/mol. The van der Waals surface area contributed by atoms with Crippen LogP contribution in [0.25, 0.3) is 0 Å². The third-order valence-corrected chi connectivity index (χ3v) is 6.81. The molecule has 0 saturated carbocycles. The van der Waals surface area contributed by atoms with E-state index in [4.69, 9.17) is 4.74 Å². The van der Waals surface area contributed by atoms with Gasteiger partial charge in [0.2, 0.25) is 0 Å². The first-order chi connectivity index (χ1) is 16.4. The monoisotopic (exact) mass is 458 g/mol. The zero-order valence-corrected chi connectivity index (χ0v) is 20.4. The number of rotatable bonds is 7. The van der Waals surface area contributed by atoms with Crippen molar-refractivity contribution in [2.24, 2.45) is 0 Å². The normalized spacial score (nSPS) is 20.1. The largest absolute Gasteiger partial charge is 0.508 e. The number of piperazine rings is 1. The van der Waals surface area contributed by atoms with Crippen molar-refractivity contribution in [2.75, 3.05) is 20.2 Å². The number of hydrogen-bond acceptors (Lipinski definition) is 5. The van der Waals surface area contributed by atoms with Gasteiger partial charge in [-0.05, 0) is 67.8 Å². The SMILES string of the molecule is COc1cccc(CN2C[C@H](C)N(C(c3cccc(O)c3)c3cccc(C(C)=O)c3)C[C@H]2C)c1. The highest BCUT2D eigenvalue weighted by molar-refractivity contribution is 5.94. The summed E-state index contributed by atoms with van der Waals surface area (Å²) in [5, 5.41) is 10.2. The van der Waals surface area contributed by atoms with Crippen molar-refractivity contribution < 1.29 is 14.6 Å². The van der Waals surface area contributed by atoms with Crippen LogP contribution in [-0.4, -0.2) is 53.0 Å². The lowest BCUT2D eigenvalue weighted by molar-refractivity contribution is 0.0194. The van der Waals surface area contributed by atoms with Gasteiger partial charge in [0.25, 0.3) is 0 Å². The third-order valence-electron chi connectivity index (χ3n) is 6.81. The van der Waals surface area contributed by atoms with Gasteiger partial charge in [0.15, 0.2) is 5.78 Å². The molecule has 1 saturated heterocycles. The fourth-order valence-electron chi connectivity index (χ4n) is 5.01. The van der Waals surface area contributed by atoms with Gasteiger partial charge in [-0.3, -0.25) is 14.6 Å². The van der Waals surface area contributed by atoms with E-state index < -0.39 is 0 Å². The standard InChI is InChI=1S/C29H34N2O3/c1-20-18-31(21(2)17-30(20)19-23-8-5-13-28(14-23)34-4)29(26-11-7-12-27(33)16-26)25-10-6-9-24(15-25)22(3)32/h5-16,20-21,29,33H,17-19H2,1-4H3/t20-,21+,29?/m1/s1. The maximum Gasteiger partial charge on any atom is 0.159 e. The summed E-state index contributed by atoms with van der Waals surface area (Å²) >= 11 is 0. The van der Waals surface area contributed by atoms with Gasteiger partial charge in [0.1, 0.15) is 11.5 Å². The molecular formula is C29H34N2O3. The highest BCUT2D eigenvalue weighted by Gasteiger charge is 2.35. The molecule has 4 rings (SSSR count). The number of carbonyl (C=O) groups is 1. The van der Waals surface area contributed by atoms with E-state index in [-0.39, 0.29) is 23.6 Å². The Bertz CT molecular complexity index is 1150. The Labute approximate surface area is 202 Å². The molecule has 178 valence electrons. The van der Waals surface area contributed by atoms with Crippen LogP contribution >= 0.6 is 0 Å². The van der Waals surface area contributed by atoms with Crippen LogP contribution in [0.5, 0.6) is 11.5 Å². The first-order valence-corrected chi connectivity index (χ1v) is 11.9. The number of carbonyl (C=O) groups excluding carboxylic acids is 1. The van der Waals surface area contributed by atoms with Gasteiger partial charge in [-0.15, -0.1) is 0 Å². The van der Waals surface area contributed by atoms with Crippen LogP contribution in [0.3, 0.4) is 0 Å². The maximum absolute atomic E-state index is 12.1. The number of ether oxygens (including phenoxy) is 1. The quantitative estimate of drug-likeness (QED) is 0.488. The minimum Gasteiger partial charge on any atom is -0.508 e. The van der Waals surface area contributed by atoms with Crippen molar-refractivity contribution in [2.45, 2.75) is 45.4 Å². The van der Waals surface area contributed by atoms with Crippen LogP contribution in [-0.2, 0) is 6.54 Å². The highest BCUT2D eigenvalue weighted by atomic mass is 16.5. The predicted octanol–water partition coefficient (Wildman–Crippen LogP) is 5.29. The Morgan fingerprint density at radius 2 is 1.68 bits per heavy atom. The second kappa shape index (κ2) is 10.4. The summed E-state index contributed by atoms with van der Waals surface area (Å²) in [7, 11) is 1.70. The molecule has 0 aliphatic carbocycles. The fraction of sp³-hybridized carbons (Fsp3) is 0.345. The molecule has 5 heteroatoms. The molecule has 3 aromatic rings. The van der Waals surface area contributed by atoms with Gasteiger partial charge in [-0.25, -0.2) is 0 Å². The number of methoxy groups -OCH3 is 1. The summed E-state index contributed by atoms with van der Waals surface area (Å²) in [5.74, 6) is 1.19. The minimum atomic E-state index is -0.0529. The highest BCUT2D eigenvalue weighted by Crippen LogP contribution is 2.35. The third kappa shape index (κ3) is 5.32. The molecule has 0 spiro atoms. The van der Waals surface area contributed by atoms with Gasteiger partial charge in [0.05, 0.1) is 13.2 Å². The lowest BCUT2D eigenvalue weighted by atomic mass is 9.92. The molecule has 5 nitrogen and oxygen atoms in total. The van der Waals surface area contributed by atoms with Crippen LogP contribution in [0.1, 0.15) is 53.9 Å². The number of nitrogens with zero attached hydrogens (tertiary/aromatic N) is 2. The number of phenols is 1. The topological polar surface area (TPSA) is 53.0 Å². The lowest BCUT2D eigenvalue weighted by Crippen LogP contribution is -2.56. The first kappa shape index (κ1) is 24.0. The summed E-state index contributed by atoms with van der Waals surface area (Å²) < 4.78 is 5.40.